The van der Waals surface area contributed by atoms with Gasteiger partial charge in [0.1, 0.15) is 5.60 Å². The molecule has 0 bridgehead atoms. The summed E-state index contributed by atoms with van der Waals surface area (Å²) in [7, 11) is 1.82. The number of amides is 1. The number of piperidine rings is 1. The maximum Gasteiger partial charge on any atom is 0.410 e. The smallest absolute Gasteiger partial charge is 0.410 e. The standard InChI is InChI=1S/C20H40N4O3/c1-8-26-17-10-14-23(15-11-17)18(21-7)22-12-9-13-24(16(2)3)19(25)27-20(4,5)6/h16-17H,8-15H2,1-7H3,(H,21,22). The van der Waals surface area contributed by atoms with Crippen LogP contribution in [0.15, 0.2) is 4.99 Å². The molecule has 0 atom stereocenters. The molecule has 7 nitrogen and oxygen atoms in total. The quantitative estimate of drug-likeness (QED) is 0.415. The van der Waals surface area contributed by atoms with Crippen molar-refractivity contribution in [1.82, 2.24) is 15.1 Å². The molecule has 0 saturated carbocycles. The number of nitrogens with zero attached hydrogens (tertiary/aromatic N) is 3. The Hall–Kier alpha value is -1.50. The predicted octanol–water partition coefficient (Wildman–Crippen LogP) is 3.10. The molecule has 1 amide bonds. The molecule has 1 aliphatic rings. The third-order valence-electron chi connectivity index (χ3n) is 4.47. The van der Waals surface area contributed by atoms with E-state index in [0.29, 0.717) is 12.6 Å². The average Bonchev–Trinajstić information content (AvgIpc) is 2.57. The fourth-order valence-electron chi connectivity index (χ4n) is 3.13. The van der Waals surface area contributed by atoms with Gasteiger partial charge in [-0.1, -0.05) is 0 Å². The first kappa shape index (κ1) is 23.5. The van der Waals surface area contributed by atoms with E-state index >= 15 is 0 Å². The number of ether oxygens (including phenoxy) is 2. The number of hydrogen-bond donors (Lipinski definition) is 1. The molecule has 0 aromatic carbocycles. The molecule has 0 spiro atoms. The fourth-order valence-corrected chi connectivity index (χ4v) is 3.13. The molecule has 0 aromatic rings. The van der Waals surface area contributed by atoms with Crippen molar-refractivity contribution in [1.29, 1.82) is 0 Å². The van der Waals surface area contributed by atoms with Gasteiger partial charge in [-0.25, -0.2) is 4.79 Å². The van der Waals surface area contributed by atoms with E-state index in [-0.39, 0.29) is 12.1 Å². The minimum absolute atomic E-state index is 0.108. The van der Waals surface area contributed by atoms with E-state index in [2.05, 4.69) is 15.2 Å². The summed E-state index contributed by atoms with van der Waals surface area (Å²) < 4.78 is 11.2. The molecule has 1 aliphatic heterocycles. The lowest BCUT2D eigenvalue weighted by Crippen LogP contribution is -2.48. The van der Waals surface area contributed by atoms with Crippen LogP contribution in [0.1, 0.15) is 60.8 Å². The van der Waals surface area contributed by atoms with E-state index < -0.39 is 5.60 Å². The van der Waals surface area contributed by atoms with Gasteiger partial charge in [0.2, 0.25) is 0 Å². The summed E-state index contributed by atoms with van der Waals surface area (Å²) in [6.45, 7) is 15.9. The molecule has 0 radical (unpaired) electrons. The van der Waals surface area contributed by atoms with Gasteiger partial charge in [0.25, 0.3) is 0 Å². The van der Waals surface area contributed by atoms with Crippen LogP contribution in [-0.2, 0) is 9.47 Å². The van der Waals surface area contributed by atoms with Crippen molar-refractivity contribution in [2.75, 3.05) is 39.8 Å². The van der Waals surface area contributed by atoms with Crippen molar-refractivity contribution >= 4 is 12.1 Å². The second-order valence-corrected chi connectivity index (χ2v) is 8.24. The average molecular weight is 385 g/mol. The van der Waals surface area contributed by atoms with Crippen molar-refractivity contribution in [2.45, 2.75) is 78.6 Å². The van der Waals surface area contributed by atoms with E-state index in [1.165, 1.54) is 0 Å². The third-order valence-corrected chi connectivity index (χ3v) is 4.47. The normalized spacial score (nSPS) is 16.6. The Morgan fingerprint density at radius 1 is 1.30 bits per heavy atom. The van der Waals surface area contributed by atoms with E-state index in [1.807, 2.05) is 48.6 Å². The molecule has 7 heteroatoms. The summed E-state index contributed by atoms with van der Waals surface area (Å²) in [5, 5.41) is 3.42. The molecule has 0 aliphatic carbocycles. The number of hydrogen-bond acceptors (Lipinski definition) is 4. The van der Waals surface area contributed by atoms with Crippen LogP contribution in [0.3, 0.4) is 0 Å². The van der Waals surface area contributed by atoms with Crippen molar-refractivity contribution in [3.63, 3.8) is 0 Å². The molecule has 1 N–H and O–H groups in total. The Morgan fingerprint density at radius 2 is 1.93 bits per heavy atom. The molecule has 1 saturated heterocycles. The molecule has 27 heavy (non-hydrogen) atoms. The maximum absolute atomic E-state index is 12.4. The van der Waals surface area contributed by atoms with Gasteiger partial charge >= 0.3 is 6.09 Å². The zero-order valence-electron chi connectivity index (χ0n) is 18.4. The molecule has 158 valence electrons. The molecule has 1 fully saturated rings. The van der Waals surface area contributed by atoms with Crippen LogP contribution in [0.4, 0.5) is 4.79 Å². The minimum atomic E-state index is -0.474. The number of guanidine groups is 1. The topological polar surface area (TPSA) is 66.4 Å². The van der Waals surface area contributed by atoms with Crippen LogP contribution in [0.25, 0.3) is 0 Å². The zero-order chi connectivity index (χ0) is 20.4. The number of carbonyl (C=O) groups is 1. The van der Waals surface area contributed by atoms with Gasteiger partial charge in [0.15, 0.2) is 5.96 Å². The molecule has 0 aromatic heterocycles. The van der Waals surface area contributed by atoms with Gasteiger partial charge in [0, 0.05) is 45.9 Å². The van der Waals surface area contributed by atoms with Crippen molar-refractivity contribution in [3.8, 4) is 0 Å². The highest BCUT2D eigenvalue weighted by Crippen LogP contribution is 2.14. The zero-order valence-corrected chi connectivity index (χ0v) is 18.4. The van der Waals surface area contributed by atoms with Crippen LogP contribution in [-0.4, -0.2) is 79.4 Å². The second-order valence-electron chi connectivity index (χ2n) is 8.24. The summed E-state index contributed by atoms with van der Waals surface area (Å²) in [4.78, 5) is 20.8. The highest BCUT2D eigenvalue weighted by molar-refractivity contribution is 5.79. The lowest BCUT2D eigenvalue weighted by Gasteiger charge is -2.34. The minimum Gasteiger partial charge on any atom is -0.444 e. The van der Waals surface area contributed by atoms with Gasteiger partial charge in [-0.2, -0.15) is 0 Å². The highest BCUT2D eigenvalue weighted by atomic mass is 16.6. The maximum atomic E-state index is 12.4. The second kappa shape index (κ2) is 11.4. The Kier molecular flexibility index (Phi) is 9.91. The van der Waals surface area contributed by atoms with Crippen LogP contribution in [0, 0.1) is 0 Å². The number of likely N-dealkylation sites (tertiary alicyclic amines) is 1. The van der Waals surface area contributed by atoms with Gasteiger partial charge in [0.05, 0.1) is 6.10 Å². The van der Waals surface area contributed by atoms with E-state index in [4.69, 9.17) is 9.47 Å². The van der Waals surface area contributed by atoms with Crippen molar-refractivity contribution < 1.29 is 14.3 Å². The molecule has 0 unspecified atom stereocenters. The first-order valence-corrected chi connectivity index (χ1v) is 10.2. The molecule has 1 heterocycles. The molecular formula is C20H40N4O3. The van der Waals surface area contributed by atoms with Gasteiger partial charge < -0.3 is 24.6 Å². The van der Waals surface area contributed by atoms with Gasteiger partial charge in [-0.3, -0.25) is 4.99 Å². The monoisotopic (exact) mass is 384 g/mol. The van der Waals surface area contributed by atoms with Crippen LogP contribution in [0.5, 0.6) is 0 Å². The fraction of sp³-hybridized carbons (Fsp3) is 0.900. The number of rotatable bonds is 7. The van der Waals surface area contributed by atoms with Gasteiger partial charge in [-0.15, -0.1) is 0 Å². The highest BCUT2D eigenvalue weighted by Gasteiger charge is 2.24. The first-order valence-electron chi connectivity index (χ1n) is 10.2. The van der Waals surface area contributed by atoms with Crippen LogP contribution < -0.4 is 5.32 Å². The van der Waals surface area contributed by atoms with E-state index in [9.17, 15) is 4.79 Å². The van der Waals surface area contributed by atoms with Crippen molar-refractivity contribution in [2.24, 2.45) is 4.99 Å². The summed E-state index contributed by atoms with van der Waals surface area (Å²) in [5.74, 6) is 0.929. The Morgan fingerprint density at radius 3 is 2.41 bits per heavy atom. The number of carbonyl (C=O) groups excluding carboxylic acids is 1. The summed E-state index contributed by atoms with van der Waals surface area (Å²) in [5.41, 5.74) is -0.474. The Bertz CT molecular complexity index is 466. The SMILES string of the molecule is CCOC1CCN(C(=NC)NCCCN(C(=O)OC(C)(C)C)C(C)C)CC1. The predicted molar refractivity (Wildman–Crippen MR) is 110 cm³/mol. The first-order chi connectivity index (χ1) is 12.7. The number of aliphatic imine (C=N–C) groups is 1. The van der Waals surface area contributed by atoms with E-state index in [0.717, 1.165) is 51.5 Å². The van der Waals surface area contributed by atoms with Crippen LogP contribution >= 0.6 is 0 Å². The van der Waals surface area contributed by atoms with Crippen LogP contribution in [0.2, 0.25) is 0 Å². The summed E-state index contributed by atoms with van der Waals surface area (Å²) in [6.07, 6.45) is 3.03. The lowest BCUT2D eigenvalue weighted by molar-refractivity contribution is 0.0189. The lowest BCUT2D eigenvalue weighted by atomic mass is 10.1. The summed E-state index contributed by atoms with van der Waals surface area (Å²) >= 11 is 0. The molecule has 1 rings (SSSR count). The largest absolute Gasteiger partial charge is 0.444 e. The molecular weight excluding hydrogens is 344 g/mol. The van der Waals surface area contributed by atoms with E-state index in [1.54, 1.807) is 4.90 Å². The number of nitrogens with one attached hydrogen (secondary N) is 1. The van der Waals surface area contributed by atoms with Gasteiger partial charge in [-0.05, 0) is 60.8 Å². The Balaban J connectivity index is 2.40. The van der Waals surface area contributed by atoms with Crippen molar-refractivity contribution in [3.05, 3.63) is 0 Å². The third kappa shape index (κ3) is 8.82. The summed E-state index contributed by atoms with van der Waals surface area (Å²) in [6, 6.07) is 0.108. The Labute approximate surface area is 165 Å².